The molecule has 13 heavy (non-hydrogen) atoms. The van der Waals surface area contributed by atoms with Crippen molar-refractivity contribution in [1.82, 2.24) is 9.97 Å². The summed E-state index contributed by atoms with van der Waals surface area (Å²) in [6, 6.07) is 3.50. The van der Waals surface area contributed by atoms with Gasteiger partial charge in [0.2, 0.25) is 5.88 Å². The van der Waals surface area contributed by atoms with Crippen LogP contribution in [0.25, 0.3) is 11.4 Å². The van der Waals surface area contributed by atoms with E-state index in [1.807, 2.05) is 0 Å². The number of furan rings is 1. The van der Waals surface area contributed by atoms with Gasteiger partial charge in [0.1, 0.15) is 6.26 Å². The molecule has 2 heterocycles. The molecule has 0 saturated carbocycles. The second-order valence-electron chi connectivity index (χ2n) is 2.43. The van der Waals surface area contributed by atoms with Gasteiger partial charge in [0.15, 0.2) is 5.82 Å². The molecule has 0 aliphatic carbocycles. The van der Waals surface area contributed by atoms with Crippen molar-refractivity contribution in [2.24, 2.45) is 0 Å². The first kappa shape index (κ1) is 7.79. The minimum atomic E-state index is 0.547. The molecule has 0 radical (unpaired) electrons. The lowest BCUT2D eigenvalue weighted by molar-refractivity contribution is 0.397. The third-order valence-corrected chi connectivity index (χ3v) is 1.62. The van der Waals surface area contributed by atoms with Crippen molar-refractivity contribution in [1.29, 1.82) is 0 Å². The molecule has 0 bridgehead atoms. The van der Waals surface area contributed by atoms with Gasteiger partial charge in [-0.05, 0) is 6.07 Å². The molecule has 0 aliphatic rings. The van der Waals surface area contributed by atoms with Gasteiger partial charge in [-0.2, -0.15) is 4.98 Å². The molecule has 4 heteroatoms. The van der Waals surface area contributed by atoms with Gasteiger partial charge in [0, 0.05) is 12.3 Å². The van der Waals surface area contributed by atoms with E-state index in [0.29, 0.717) is 11.7 Å². The quantitative estimate of drug-likeness (QED) is 0.699. The van der Waals surface area contributed by atoms with Gasteiger partial charge in [-0.15, -0.1) is 0 Å². The van der Waals surface area contributed by atoms with Crippen LogP contribution >= 0.6 is 0 Å². The van der Waals surface area contributed by atoms with Crippen molar-refractivity contribution in [3.8, 4) is 17.3 Å². The maximum absolute atomic E-state index is 4.97. The van der Waals surface area contributed by atoms with Crippen molar-refractivity contribution in [2.45, 2.75) is 0 Å². The summed E-state index contributed by atoms with van der Waals surface area (Å²) in [5.74, 6) is 1.15. The molecule has 0 saturated heterocycles. The summed E-state index contributed by atoms with van der Waals surface area (Å²) in [5, 5.41) is 0. The van der Waals surface area contributed by atoms with Gasteiger partial charge in [-0.25, -0.2) is 4.98 Å². The largest absolute Gasteiger partial charge is 0.481 e. The first-order valence-corrected chi connectivity index (χ1v) is 3.80. The fraction of sp³-hybridized carbons (Fsp3) is 0.111. The molecule has 2 aromatic heterocycles. The van der Waals surface area contributed by atoms with E-state index in [4.69, 9.17) is 9.15 Å². The average molecular weight is 176 g/mol. The van der Waals surface area contributed by atoms with Gasteiger partial charge in [0.25, 0.3) is 0 Å². The van der Waals surface area contributed by atoms with Crippen LogP contribution in [0.4, 0.5) is 0 Å². The third kappa shape index (κ3) is 1.51. The number of hydrogen-bond acceptors (Lipinski definition) is 4. The Balaban J connectivity index is 2.41. The molecule has 2 rings (SSSR count). The van der Waals surface area contributed by atoms with E-state index in [1.54, 1.807) is 38.0 Å². The third-order valence-electron chi connectivity index (χ3n) is 1.62. The molecule has 0 atom stereocenters. The zero-order valence-corrected chi connectivity index (χ0v) is 7.10. The molecule has 0 unspecified atom stereocenters. The summed E-state index contributed by atoms with van der Waals surface area (Å²) in [6.45, 7) is 0. The molecule has 0 N–H and O–H groups in total. The maximum Gasteiger partial charge on any atom is 0.216 e. The van der Waals surface area contributed by atoms with E-state index in [0.717, 1.165) is 5.56 Å². The van der Waals surface area contributed by atoms with Crippen molar-refractivity contribution in [3.63, 3.8) is 0 Å². The van der Waals surface area contributed by atoms with E-state index in [2.05, 4.69) is 9.97 Å². The van der Waals surface area contributed by atoms with Gasteiger partial charge >= 0.3 is 0 Å². The summed E-state index contributed by atoms with van der Waals surface area (Å²) in [6.07, 6.45) is 4.82. The summed E-state index contributed by atoms with van der Waals surface area (Å²) in [7, 11) is 1.57. The van der Waals surface area contributed by atoms with Crippen molar-refractivity contribution >= 4 is 0 Å². The maximum atomic E-state index is 4.97. The zero-order valence-electron chi connectivity index (χ0n) is 7.10. The zero-order chi connectivity index (χ0) is 9.10. The molecule has 0 aliphatic heterocycles. The Morgan fingerprint density at radius 2 is 2.31 bits per heavy atom. The Morgan fingerprint density at radius 1 is 1.38 bits per heavy atom. The van der Waals surface area contributed by atoms with Crippen LogP contribution in [0.2, 0.25) is 0 Å². The number of methoxy groups -OCH3 is 1. The first-order valence-electron chi connectivity index (χ1n) is 3.80. The highest BCUT2D eigenvalue weighted by Crippen LogP contribution is 2.16. The minimum Gasteiger partial charge on any atom is -0.481 e. The molecular weight excluding hydrogens is 168 g/mol. The van der Waals surface area contributed by atoms with E-state index in [9.17, 15) is 0 Å². The van der Waals surface area contributed by atoms with Crippen LogP contribution < -0.4 is 4.74 Å². The molecule has 0 amide bonds. The topological polar surface area (TPSA) is 48.2 Å². The van der Waals surface area contributed by atoms with Crippen LogP contribution in [0.15, 0.2) is 35.3 Å². The molecule has 0 fully saturated rings. The molecular formula is C9H8N2O2. The average Bonchev–Trinajstić information content (AvgIpc) is 2.71. The van der Waals surface area contributed by atoms with E-state index < -0.39 is 0 Å². The monoisotopic (exact) mass is 176 g/mol. The molecule has 2 aromatic rings. The Hall–Kier alpha value is -1.84. The van der Waals surface area contributed by atoms with Crippen LogP contribution in [-0.2, 0) is 0 Å². The van der Waals surface area contributed by atoms with Crippen molar-refractivity contribution in [3.05, 3.63) is 30.9 Å². The number of aromatic nitrogens is 2. The highest BCUT2D eigenvalue weighted by molar-refractivity contribution is 5.52. The van der Waals surface area contributed by atoms with Crippen LogP contribution in [0, 0.1) is 0 Å². The van der Waals surface area contributed by atoms with Crippen LogP contribution in [0.5, 0.6) is 5.88 Å². The van der Waals surface area contributed by atoms with E-state index in [-0.39, 0.29) is 0 Å². The summed E-state index contributed by atoms with van der Waals surface area (Å²) < 4.78 is 9.89. The van der Waals surface area contributed by atoms with Crippen LogP contribution in [-0.4, -0.2) is 17.1 Å². The predicted molar refractivity (Wildman–Crippen MR) is 46.3 cm³/mol. The normalized spacial score (nSPS) is 9.92. The van der Waals surface area contributed by atoms with E-state index >= 15 is 0 Å². The predicted octanol–water partition coefficient (Wildman–Crippen LogP) is 1.75. The van der Waals surface area contributed by atoms with Crippen LogP contribution in [0.1, 0.15) is 0 Å². The second kappa shape index (κ2) is 3.26. The summed E-state index contributed by atoms with van der Waals surface area (Å²) in [5.41, 5.74) is 0.846. The number of rotatable bonds is 2. The smallest absolute Gasteiger partial charge is 0.216 e. The SMILES string of the molecule is COc1ccnc(-c2ccoc2)n1. The highest BCUT2D eigenvalue weighted by atomic mass is 16.5. The fourth-order valence-electron chi connectivity index (χ4n) is 0.987. The Bertz CT molecular complexity index is 384. The Morgan fingerprint density at radius 3 is 3.00 bits per heavy atom. The number of ether oxygens (including phenoxy) is 1. The first-order chi connectivity index (χ1) is 6.40. The minimum absolute atomic E-state index is 0.547. The Kier molecular flexibility index (Phi) is 1.96. The Labute approximate surface area is 75.2 Å². The molecule has 66 valence electrons. The highest BCUT2D eigenvalue weighted by Gasteiger charge is 2.02. The van der Waals surface area contributed by atoms with Crippen molar-refractivity contribution < 1.29 is 9.15 Å². The lowest BCUT2D eigenvalue weighted by Gasteiger charge is -1.98. The van der Waals surface area contributed by atoms with Gasteiger partial charge in [-0.3, -0.25) is 0 Å². The van der Waals surface area contributed by atoms with E-state index in [1.165, 1.54) is 0 Å². The lowest BCUT2D eigenvalue weighted by atomic mass is 10.3. The van der Waals surface area contributed by atoms with Gasteiger partial charge < -0.3 is 9.15 Å². The summed E-state index contributed by atoms with van der Waals surface area (Å²) >= 11 is 0. The number of nitrogens with zero attached hydrogens (tertiary/aromatic N) is 2. The summed E-state index contributed by atoms with van der Waals surface area (Å²) in [4.78, 5) is 8.22. The second-order valence-corrected chi connectivity index (χ2v) is 2.43. The van der Waals surface area contributed by atoms with Crippen molar-refractivity contribution in [2.75, 3.05) is 7.11 Å². The lowest BCUT2D eigenvalue weighted by Crippen LogP contribution is -1.91. The van der Waals surface area contributed by atoms with Gasteiger partial charge in [0.05, 0.1) is 18.9 Å². The standard InChI is InChI=1S/C9H8N2O2/c1-12-8-2-4-10-9(11-8)7-3-5-13-6-7/h2-6H,1H3. The molecule has 0 aromatic carbocycles. The number of hydrogen-bond donors (Lipinski definition) is 0. The fourth-order valence-corrected chi connectivity index (χ4v) is 0.987. The molecule has 4 nitrogen and oxygen atoms in total. The van der Waals surface area contributed by atoms with Gasteiger partial charge in [-0.1, -0.05) is 0 Å². The molecule has 0 spiro atoms. The van der Waals surface area contributed by atoms with Crippen LogP contribution in [0.3, 0.4) is 0 Å².